The minimum Gasteiger partial charge on any atom is -0.369 e. The van der Waals surface area contributed by atoms with E-state index in [1.807, 2.05) is 0 Å². The van der Waals surface area contributed by atoms with E-state index < -0.39 is 17.8 Å². The van der Waals surface area contributed by atoms with Gasteiger partial charge in [0.1, 0.15) is 0 Å². The average molecular weight is 365 g/mol. The summed E-state index contributed by atoms with van der Waals surface area (Å²) in [6, 6.07) is 7.16. The molecule has 2 heterocycles. The van der Waals surface area contributed by atoms with Crippen LogP contribution in [0.15, 0.2) is 29.1 Å². The first kappa shape index (κ1) is 16.9. The second-order valence-corrected chi connectivity index (χ2v) is 6.88. The maximum Gasteiger partial charge on any atom is 0.391 e. The Morgan fingerprint density at radius 3 is 2.77 bits per heavy atom. The normalized spacial score (nSPS) is 21.5. The lowest BCUT2D eigenvalue weighted by atomic mass is 9.81. The van der Waals surface area contributed by atoms with Crippen molar-refractivity contribution in [2.75, 3.05) is 5.73 Å². The molecule has 0 spiro atoms. The molecule has 138 valence electrons. The number of anilines is 1. The maximum absolute atomic E-state index is 13.0. The largest absolute Gasteiger partial charge is 0.391 e. The van der Waals surface area contributed by atoms with Gasteiger partial charge in [0.05, 0.1) is 11.4 Å². The van der Waals surface area contributed by atoms with Crippen molar-refractivity contribution >= 4 is 22.5 Å². The highest BCUT2D eigenvalue weighted by atomic mass is 19.4. The molecular weight excluding hydrogens is 347 g/mol. The number of fused-ring (bicyclic) bond motifs is 3. The van der Waals surface area contributed by atoms with Crippen LogP contribution < -0.4 is 11.4 Å². The lowest BCUT2D eigenvalue weighted by Gasteiger charge is -2.30. The van der Waals surface area contributed by atoms with E-state index in [1.54, 1.807) is 24.3 Å². The Morgan fingerprint density at radius 1 is 1.23 bits per heavy atom. The topological polar surface area (TPSA) is 78.2 Å². The van der Waals surface area contributed by atoms with Crippen LogP contribution in [0.3, 0.4) is 0 Å². The summed E-state index contributed by atoms with van der Waals surface area (Å²) in [4.78, 5) is 16.9. The molecule has 9 heteroatoms. The molecule has 4 rings (SSSR count). The molecule has 1 aliphatic rings. The second-order valence-electron chi connectivity index (χ2n) is 6.88. The molecule has 0 amide bonds. The molecule has 2 unspecified atom stereocenters. The number of hydrogen-bond acceptors (Lipinski definition) is 4. The molecule has 6 nitrogen and oxygen atoms in total. The van der Waals surface area contributed by atoms with Crippen molar-refractivity contribution in [3.63, 3.8) is 0 Å². The summed E-state index contributed by atoms with van der Waals surface area (Å²) in [6.45, 7) is 0.154. The fourth-order valence-corrected chi connectivity index (χ4v) is 3.84. The fraction of sp³-hybridized carbons (Fsp3) is 0.471. The lowest BCUT2D eigenvalue weighted by molar-refractivity contribution is -0.186. The van der Waals surface area contributed by atoms with Gasteiger partial charge in [-0.2, -0.15) is 13.2 Å². The van der Waals surface area contributed by atoms with Crippen LogP contribution >= 0.6 is 0 Å². The third-order valence-corrected chi connectivity index (χ3v) is 5.13. The first-order chi connectivity index (χ1) is 12.3. The molecule has 3 aromatic rings. The molecule has 0 radical (unpaired) electrons. The van der Waals surface area contributed by atoms with Crippen molar-refractivity contribution in [1.29, 1.82) is 0 Å². The van der Waals surface area contributed by atoms with Crippen LogP contribution in [0.5, 0.6) is 0 Å². The van der Waals surface area contributed by atoms with Gasteiger partial charge in [-0.1, -0.05) is 18.6 Å². The first-order valence-electron chi connectivity index (χ1n) is 8.55. The highest BCUT2D eigenvalue weighted by molar-refractivity contribution is 5.91. The van der Waals surface area contributed by atoms with E-state index in [0.717, 1.165) is 0 Å². The summed E-state index contributed by atoms with van der Waals surface area (Å²) in [5.41, 5.74) is 6.42. The third kappa shape index (κ3) is 2.81. The molecule has 0 saturated heterocycles. The maximum atomic E-state index is 13.0. The van der Waals surface area contributed by atoms with Gasteiger partial charge in [0, 0.05) is 11.9 Å². The van der Waals surface area contributed by atoms with Crippen LogP contribution in [0.1, 0.15) is 25.7 Å². The highest BCUT2D eigenvalue weighted by Gasteiger charge is 2.42. The van der Waals surface area contributed by atoms with Crippen LogP contribution in [0, 0.1) is 11.8 Å². The summed E-state index contributed by atoms with van der Waals surface area (Å²) >= 11 is 0. The molecule has 2 N–H and O–H groups in total. The molecule has 0 aliphatic heterocycles. The van der Waals surface area contributed by atoms with E-state index >= 15 is 0 Å². The quantitative estimate of drug-likeness (QED) is 0.757. The summed E-state index contributed by atoms with van der Waals surface area (Å²) < 4.78 is 41.5. The zero-order valence-corrected chi connectivity index (χ0v) is 13.9. The van der Waals surface area contributed by atoms with E-state index in [4.69, 9.17) is 5.73 Å². The predicted molar refractivity (Wildman–Crippen MR) is 90.7 cm³/mol. The van der Waals surface area contributed by atoms with Gasteiger partial charge in [0.15, 0.2) is 5.65 Å². The predicted octanol–water partition coefficient (Wildman–Crippen LogP) is 3.00. The smallest absolute Gasteiger partial charge is 0.369 e. The number of benzene rings is 1. The van der Waals surface area contributed by atoms with E-state index in [2.05, 4.69) is 10.1 Å². The van der Waals surface area contributed by atoms with Gasteiger partial charge in [-0.15, -0.1) is 5.10 Å². The molecule has 1 fully saturated rings. The monoisotopic (exact) mass is 365 g/mol. The Balaban J connectivity index is 1.71. The van der Waals surface area contributed by atoms with E-state index in [-0.39, 0.29) is 31.3 Å². The van der Waals surface area contributed by atoms with Gasteiger partial charge in [-0.3, -0.25) is 0 Å². The Labute approximate surface area is 146 Å². The van der Waals surface area contributed by atoms with Crippen LogP contribution in [0.2, 0.25) is 0 Å². The number of aromatic nitrogens is 4. The van der Waals surface area contributed by atoms with Crippen LogP contribution in [-0.2, 0) is 6.54 Å². The molecular formula is C17H18F3N5O. The van der Waals surface area contributed by atoms with Crippen molar-refractivity contribution < 1.29 is 13.2 Å². The van der Waals surface area contributed by atoms with Gasteiger partial charge in [-0.25, -0.2) is 18.9 Å². The molecule has 0 bridgehead atoms. The first-order valence-corrected chi connectivity index (χ1v) is 8.55. The third-order valence-electron chi connectivity index (χ3n) is 5.13. The zero-order valence-electron chi connectivity index (χ0n) is 13.9. The van der Waals surface area contributed by atoms with Gasteiger partial charge in [-0.05, 0) is 37.3 Å². The number of rotatable bonds is 2. The van der Waals surface area contributed by atoms with E-state index in [0.29, 0.717) is 29.4 Å². The van der Waals surface area contributed by atoms with Crippen LogP contribution in [0.25, 0.3) is 16.6 Å². The van der Waals surface area contributed by atoms with Gasteiger partial charge in [0.2, 0.25) is 5.95 Å². The van der Waals surface area contributed by atoms with E-state index in [1.165, 1.54) is 9.08 Å². The zero-order chi connectivity index (χ0) is 18.5. The highest BCUT2D eigenvalue weighted by Crippen LogP contribution is 2.40. The van der Waals surface area contributed by atoms with Crippen molar-refractivity contribution in [2.24, 2.45) is 11.8 Å². The van der Waals surface area contributed by atoms with Gasteiger partial charge < -0.3 is 5.73 Å². The lowest BCUT2D eigenvalue weighted by Crippen LogP contribution is -2.32. The molecule has 1 saturated carbocycles. The van der Waals surface area contributed by atoms with Crippen LogP contribution in [0.4, 0.5) is 19.1 Å². The Bertz CT molecular complexity index is 1020. The number of nitrogens with zero attached hydrogens (tertiary/aromatic N) is 4. The summed E-state index contributed by atoms with van der Waals surface area (Å²) in [5, 5.41) is 5.02. The molecule has 1 aromatic carbocycles. The minimum atomic E-state index is -4.19. The Hall–Kier alpha value is -2.58. The molecule has 2 atom stereocenters. The summed E-state index contributed by atoms with van der Waals surface area (Å²) in [5.74, 6) is -1.52. The standard InChI is InChI=1S/C17H18F3N5O/c18-17(19,20)11-5-3-4-10(8-11)9-24-16(26)25-14(23-24)12-6-1-2-7-13(12)22-15(25)21/h1-2,6-7,10-11H,3-5,8-9H2,(H2,21,22). The molecule has 1 aliphatic carbocycles. The summed E-state index contributed by atoms with van der Waals surface area (Å²) in [6.07, 6.45) is -2.85. The minimum absolute atomic E-state index is 0.0202. The molecule has 26 heavy (non-hydrogen) atoms. The van der Waals surface area contributed by atoms with Crippen LogP contribution in [-0.4, -0.2) is 25.3 Å². The number of hydrogen-bond donors (Lipinski definition) is 1. The van der Waals surface area contributed by atoms with Gasteiger partial charge >= 0.3 is 11.9 Å². The fourth-order valence-electron chi connectivity index (χ4n) is 3.84. The number of nitrogens with two attached hydrogens (primary N) is 1. The van der Waals surface area contributed by atoms with Gasteiger partial charge in [0.25, 0.3) is 0 Å². The van der Waals surface area contributed by atoms with Crippen molar-refractivity contribution in [2.45, 2.75) is 38.4 Å². The Kier molecular flexibility index (Phi) is 3.89. The number of halogens is 3. The van der Waals surface area contributed by atoms with Crippen molar-refractivity contribution in [3.8, 4) is 0 Å². The van der Waals surface area contributed by atoms with Crippen molar-refractivity contribution in [1.82, 2.24) is 19.2 Å². The number of alkyl halides is 3. The number of nitrogen functional groups attached to an aromatic ring is 1. The SMILES string of the molecule is Nc1nc2ccccc2c2nn(CC3CCCC(C(F)(F)F)C3)c(=O)n12. The Morgan fingerprint density at radius 2 is 2.00 bits per heavy atom. The van der Waals surface area contributed by atoms with Crippen molar-refractivity contribution in [3.05, 3.63) is 34.7 Å². The second kappa shape index (κ2) is 6.00. The summed E-state index contributed by atoms with van der Waals surface area (Å²) in [7, 11) is 0. The average Bonchev–Trinajstić information content (AvgIpc) is 2.92. The van der Waals surface area contributed by atoms with E-state index in [9.17, 15) is 18.0 Å². The number of para-hydroxylation sites is 1. The molecule has 2 aromatic heterocycles.